The molecule has 3 heteroatoms. The van der Waals surface area contributed by atoms with Crippen LogP contribution in [0.4, 0.5) is 5.82 Å². The molecule has 0 aromatic carbocycles. The topological polar surface area (TPSA) is 59.1 Å². The minimum absolute atomic E-state index is 0.124. The Kier molecular flexibility index (Phi) is 3.43. The Morgan fingerprint density at radius 2 is 2.06 bits per heavy atom. The van der Waals surface area contributed by atoms with Crippen LogP contribution in [0.25, 0.3) is 0 Å². The van der Waals surface area contributed by atoms with Gasteiger partial charge in [0.1, 0.15) is 5.82 Å². The zero-order valence-corrected chi connectivity index (χ0v) is 9.19. The summed E-state index contributed by atoms with van der Waals surface area (Å²) in [6.45, 7) is 0. The summed E-state index contributed by atoms with van der Waals surface area (Å²) in [6, 6.07) is 3.72. The Morgan fingerprint density at radius 3 is 2.75 bits per heavy atom. The summed E-state index contributed by atoms with van der Waals surface area (Å²) in [5, 5.41) is 9.38. The summed E-state index contributed by atoms with van der Waals surface area (Å²) in [7, 11) is 0. The van der Waals surface area contributed by atoms with Gasteiger partial charge in [0.25, 0.3) is 0 Å². The number of hydrogen-bond acceptors (Lipinski definition) is 3. The second-order valence-electron chi connectivity index (χ2n) is 4.21. The molecule has 1 aromatic rings. The number of nitrogens with zero attached hydrogens (tertiary/aromatic N) is 1. The van der Waals surface area contributed by atoms with Crippen LogP contribution in [-0.2, 0) is 0 Å². The van der Waals surface area contributed by atoms with Gasteiger partial charge in [0.05, 0.1) is 11.7 Å². The predicted molar refractivity (Wildman–Crippen MR) is 63.5 cm³/mol. The van der Waals surface area contributed by atoms with Gasteiger partial charge in [-0.25, -0.2) is 4.98 Å². The SMILES string of the molecule is Nc1ncccc1C#CC1CCC(O)CC1. The number of aliphatic hydroxyl groups is 1. The summed E-state index contributed by atoms with van der Waals surface area (Å²) >= 11 is 0. The molecule has 0 bridgehead atoms. The highest BCUT2D eigenvalue weighted by Gasteiger charge is 2.17. The average molecular weight is 216 g/mol. The van der Waals surface area contributed by atoms with E-state index < -0.39 is 0 Å². The number of pyridine rings is 1. The molecule has 1 aromatic heterocycles. The monoisotopic (exact) mass is 216 g/mol. The highest BCUT2D eigenvalue weighted by molar-refractivity contribution is 5.50. The van der Waals surface area contributed by atoms with E-state index in [1.54, 1.807) is 6.20 Å². The summed E-state index contributed by atoms with van der Waals surface area (Å²) < 4.78 is 0. The maximum atomic E-state index is 9.38. The molecular weight excluding hydrogens is 200 g/mol. The molecule has 0 saturated heterocycles. The smallest absolute Gasteiger partial charge is 0.139 e. The number of aromatic nitrogens is 1. The van der Waals surface area contributed by atoms with Crippen LogP contribution in [0, 0.1) is 17.8 Å². The van der Waals surface area contributed by atoms with Crippen LogP contribution in [0.2, 0.25) is 0 Å². The molecular formula is C13H16N2O. The number of nitrogen functional groups attached to an aromatic ring is 1. The fourth-order valence-corrected chi connectivity index (χ4v) is 1.92. The molecule has 2 rings (SSSR count). The minimum atomic E-state index is -0.124. The third-order valence-electron chi connectivity index (χ3n) is 2.95. The van der Waals surface area contributed by atoms with E-state index in [0.717, 1.165) is 31.2 Å². The molecule has 1 heterocycles. The Hall–Kier alpha value is -1.53. The van der Waals surface area contributed by atoms with Gasteiger partial charge < -0.3 is 10.8 Å². The highest BCUT2D eigenvalue weighted by atomic mass is 16.3. The maximum Gasteiger partial charge on any atom is 0.139 e. The second-order valence-corrected chi connectivity index (χ2v) is 4.21. The van der Waals surface area contributed by atoms with Gasteiger partial charge >= 0.3 is 0 Å². The van der Waals surface area contributed by atoms with Crippen molar-refractivity contribution in [1.82, 2.24) is 4.98 Å². The van der Waals surface area contributed by atoms with Gasteiger partial charge in [-0.1, -0.05) is 11.8 Å². The lowest BCUT2D eigenvalue weighted by Gasteiger charge is -2.21. The van der Waals surface area contributed by atoms with Crippen LogP contribution in [0.15, 0.2) is 18.3 Å². The normalized spacial score (nSPS) is 24.6. The molecule has 0 amide bonds. The number of nitrogens with two attached hydrogens (primary N) is 1. The first kappa shape index (κ1) is 11.0. The van der Waals surface area contributed by atoms with Gasteiger partial charge in [0, 0.05) is 12.1 Å². The summed E-state index contributed by atoms with van der Waals surface area (Å²) in [5.74, 6) is 7.18. The van der Waals surface area contributed by atoms with Crippen molar-refractivity contribution < 1.29 is 5.11 Å². The third kappa shape index (κ3) is 2.74. The molecule has 16 heavy (non-hydrogen) atoms. The fraction of sp³-hybridized carbons (Fsp3) is 0.462. The van der Waals surface area contributed by atoms with Crippen LogP contribution in [-0.4, -0.2) is 16.2 Å². The van der Waals surface area contributed by atoms with Crippen molar-refractivity contribution in [3.63, 3.8) is 0 Å². The minimum Gasteiger partial charge on any atom is -0.393 e. The summed E-state index contributed by atoms with van der Waals surface area (Å²) in [5.41, 5.74) is 6.50. The number of hydrogen-bond donors (Lipinski definition) is 2. The molecule has 1 aliphatic carbocycles. The lowest BCUT2D eigenvalue weighted by molar-refractivity contribution is 0.119. The lowest BCUT2D eigenvalue weighted by Crippen LogP contribution is -2.17. The Balaban J connectivity index is 2.02. The van der Waals surface area contributed by atoms with E-state index in [4.69, 9.17) is 5.73 Å². The Labute approximate surface area is 95.7 Å². The quantitative estimate of drug-likeness (QED) is 0.647. The Bertz CT molecular complexity index is 411. The molecule has 0 unspecified atom stereocenters. The molecule has 3 N–H and O–H groups in total. The zero-order valence-electron chi connectivity index (χ0n) is 9.19. The molecule has 1 fully saturated rings. The van der Waals surface area contributed by atoms with Crippen molar-refractivity contribution in [3.8, 4) is 11.8 Å². The van der Waals surface area contributed by atoms with Crippen molar-refractivity contribution in [2.75, 3.05) is 5.73 Å². The van der Waals surface area contributed by atoms with Crippen LogP contribution in [0.3, 0.4) is 0 Å². The number of anilines is 1. The molecule has 1 saturated carbocycles. The first-order chi connectivity index (χ1) is 7.75. The van der Waals surface area contributed by atoms with Gasteiger partial charge in [-0.05, 0) is 37.8 Å². The van der Waals surface area contributed by atoms with Gasteiger partial charge in [-0.3, -0.25) is 0 Å². The fourth-order valence-electron chi connectivity index (χ4n) is 1.92. The van der Waals surface area contributed by atoms with Gasteiger partial charge in [0.15, 0.2) is 0 Å². The standard InChI is InChI=1S/C13H16N2O/c14-13-11(2-1-9-15-13)6-3-10-4-7-12(16)8-5-10/h1-2,9-10,12,16H,4-5,7-8H2,(H2,14,15). The largest absolute Gasteiger partial charge is 0.393 e. The Morgan fingerprint density at radius 1 is 1.31 bits per heavy atom. The van der Waals surface area contributed by atoms with Crippen molar-refractivity contribution in [3.05, 3.63) is 23.9 Å². The molecule has 3 nitrogen and oxygen atoms in total. The zero-order chi connectivity index (χ0) is 11.4. The van der Waals surface area contributed by atoms with Gasteiger partial charge in [-0.15, -0.1) is 0 Å². The molecule has 0 aliphatic heterocycles. The number of rotatable bonds is 0. The van der Waals surface area contributed by atoms with Crippen molar-refractivity contribution in [1.29, 1.82) is 0 Å². The molecule has 0 spiro atoms. The van der Waals surface area contributed by atoms with Crippen LogP contribution >= 0.6 is 0 Å². The van der Waals surface area contributed by atoms with Gasteiger partial charge in [0.2, 0.25) is 0 Å². The van der Waals surface area contributed by atoms with Gasteiger partial charge in [-0.2, -0.15) is 0 Å². The summed E-state index contributed by atoms with van der Waals surface area (Å²) in [4.78, 5) is 3.99. The van der Waals surface area contributed by atoms with Crippen LogP contribution in [0.5, 0.6) is 0 Å². The van der Waals surface area contributed by atoms with Crippen molar-refractivity contribution >= 4 is 5.82 Å². The van der Waals surface area contributed by atoms with E-state index >= 15 is 0 Å². The van der Waals surface area contributed by atoms with E-state index in [1.165, 1.54) is 0 Å². The van der Waals surface area contributed by atoms with E-state index in [2.05, 4.69) is 16.8 Å². The van der Waals surface area contributed by atoms with E-state index in [9.17, 15) is 5.11 Å². The van der Waals surface area contributed by atoms with Crippen molar-refractivity contribution in [2.45, 2.75) is 31.8 Å². The third-order valence-corrected chi connectivity index (χ3v) is 2.95. The van der Waals surface area contributed by atoms with E-state index in [0.29, 0.717) is 11.7 Å². The van der Waals surface area contributed by atoms with E-state index in [1.807, 2.05) is 12.1 Å². The van der Waals surface area contributed by atoms with Crippen LogP contribution in [0.1, 0.15) is 31.2 Å². The first-order valence-electron chi connectivity index (χ1n) is 5.66. The average Bonchev–Trinajstić information content (AvgIpc) is 2.30. The predicted octanol–water partition coefficient (Wildman–Crippen LogP) is 1.57. The molecule has 0 radical (unpaired) electrons. The maximum absolute atomic E-state index is 9.38. The first-order valence-corrected chi connectivity index (χ1v) is 5.66. The van der Waals surface area contributed by atoms with Crippen LogP contribution < -0.4 is 5.73 Å². The molecule has 84 valence electrons. The second kappa shape index (κ2) is 5.00. The van der Waals surface area contributed by atoms with E-state index in [-0.39, 0.29) is 6.10 Å². The van der Waals surface area contributed by atoms with Crippen molar-refractivity contribution in [2.24, 2.45) is 5.92 Å². The molecule has 1 aliphatic rings. The number of aliphatic hydroxyl groups excluding tert-OH is 1. The molecule has 0 atom stereocenters. The lowest BCUT2D eigenvalue weighted by atomic mass is 9.88. The summed E-state index contributed by atoms with van der Waals surface area (Å²) in [6.07, 6.45) is 5.23. The highest BCUT2D eigenvalue weighted by Crippen LogP contribution is 2.23.